The van der Waals surface area contributed by atoms with Crippen LogP contribution in [-0.4, -0.2) is 17.8 Å². The molecule has 1 N–H and O–H groups in total. The topological polar surface area (TPSA) is 73.5 Å². The Labute approximate surface area is 70.2 Å². The van der Waals surface area contributed by atoms with E-state index in [2.05, 4.69) is 11.7 Å². The normalized spacial score (nSPS) is 12.0. The van der Waals surface area contributed by atoms with Gasteiger partial charge in [-0.15, -0.1) is 0 Å². The molecular formula is C8H8N2O2. The summed E-state index contributed by atoms with van der Waals surface area (Å²) in [6, 6.07) is 1.84. The summed E-state index contributed by atoms with van der Waals surface area (Å²) in [5.74, 6) is -1.16. The van der Waals surface area contributed by atoms with E-state index >= 15 is 0 Å². The van der Waals surface area contributed by atoms with Crippen LogP contribution < -0.4 is 0 Å². The Hall–Kier alpha value is -1.89. The van der Waals surface area contributed by atoms with E-state index in [1.165, 1.54) is 12.2 Å². The molecule has 4 heteroatoms. The highest BCUT2D eigenvalue weighted by Gasteiger charge is 2.00. The minimum Gasteiger partial charge on any atom is -0.477 e. The highest BCUT2D eigenvalue weighted by Crippen LogP contribution is 1.98. The van der Waals surface area contributed by atoms with Gasteiger partial charge in [0, 0.05) is 5.57 Å². The first kappa shape index (κ1) is 10.1. The maximum Gasteiger partial charge on any atom is 0.354 e. The van der Waals surface area contributed by atoms with Crippen molar-refractivity contribution in [3.63, 3.8) is 0 Å². The molecule has 0 atom stereocenters. The SMILES string of the molecule is C=N/C(=C\C=C(/C)C#N)C(=O)O. The number of hydrogen-bond acceptors (Lipinski definition) is 3. The summed E-state index contributed by atoms with van der Waals surface area (Å²) >= 11 is 0. The quantitative estimate of drug-likeness (QED) is 0.294. The third-order valence-electron chi connectivity index (χ3n) is 1.06. The van der Waals surface area contributed by atoms with Crippen LogP contribution in [0.15, 0.2) is 28.4 Å². The monoisotopic (exact) mass is 164 g/mol. The third kappa shape index (κ3) is 3.32. The zero-order valence-corrected chi connectivity index (χ0v) is 6.61. The van der Waals surface area contributed by atoms with Crippen molar-refractivity contribution in [2.24, 2.45) is 4.99 Å². The fraction of sp³-hybridized carbons (Fsp3) is 0.125. The van der Waals surface area contributed by atoms with E-state index in [4.69, 9.17) is 10.4 Å². The second-order valence-electron chi connectivity index (χ2n) is 1.98. The van der Waals surface area contributed by atoms with Crippen LogP contribution in [0, 0.1) is 11.3 Å². The van der Waals surface area contributed by atoms with Crippen LogP contribution in [0.2, 0.25) is 0 Å². The average molecular weight is 164 g/mol. The molecule has 0 spiro atoms. The first-order chi connectivity index (χ1) is 5.61. The lowest BCUT2D eigenvalue weighted by molar-refractivity contribution is -0.132. The zero-order valence-electron chi connectivity index (χ0n) is 6.61. The van der Waals surface area contributed by atoms with Crippen molar-refractivity contribution in [2.45, 2.75) is 6.92 Å². The molecule has 0 unspecified atom stereocenters. The Morgan fingerprint density at radius 3 is 2.58 bits per heavy atom. The van der Waals surface area contributed by atoms with Crippen molar-refractivity contribution in [3.05, 3.63) is 23.4 Å². The molecule has 0 aliphatic rings. The Morgan fingerprint density at radius 2 is 2.25 bits per heavy atom. The molecule has 0 heterocycles. The van der Waals surface area contributed by atoms with E-state index < -0.39 is 5.97 Å². The molecule has 0 rings (SSSR count). The van der Waals surface area contributed by atoms with Gasteiger partial charge in [-0.05, 0) is 25.8 Å². The first-order valence-electron chi connectivity index (χ1n) is 3.10. The van der Waals surface area contributed by atoms with Gasteiger partial charge in [-0.1, -0.05) is 0 Å². The summed E-state index contributed by atoms with van der Waals surface area (Å²) < 4.78 is 0. The van der Waals surface area contributed by atoms with Gasteiger partial charge >= 0.3 is 5.97 Å². The second-order valence-corrected chi connectivity index (χ2v) is 1.98. The van der Waals surface area contributed by atoms with E-state index in [1.807, 2.05) is 6.07 Å². The highest BCUT2D eigenvalue weighted by atomic mass is 16.4. The number of aliphatic imine (C=N–C) groups is 1. The van der Waals surface area contributed by atoms with Gasteiger partial charge in [0.15, 0.2) is 0 Å². The van der Waals surface area contributed by atoms with Crippen LogP contribution in [0.3, 0.4) is 0 Å². The molecule has 0 bridgehead atoms. The number of nitrogens with zero attached hydrogens (tertiary/aromatic N) is 2. The van der Waals surface area contributed by atoms with Crippen LogP contribution in [-0.2, 0) is 4.79 Å². The standard InChI is InChI=1S/C8H8N2O2/c1-6(5-9)3-4-7(10-2)8(11)12/h3-4H,2H2,1H3,(H,11,12)/b6-3+,7-4-. The molecule has 0 aromatic heterocycles. The Bertz CT molecular complexity index is 295. The van der Waals surface area contributed by atoms with Gasteiger partial charge in [0.05, 0.1) is 6.07 Å². The summed E-state index contributed by atoms with van der Waals surface area (Å²) in [5.41, 5.74) is 0.238. The van der Waals surface area contributed by atoms with Crippen molar-refractivity contribution in [1.82, 2.24) is 0 Å². The maximum absolute atomic E-state index is 10.3. The van der Waals surface area contributed by atoms with Crippen molar-refractivity contribution in [1.29, 1.82) is 5.26 Å². The zero-order chi connectivity index (χ0) is 9.56. The van der Waals surface area contributed by atoms with Crippen molar-refractivity contribution < 1.29 is 9.90 Å². The Balaban J connectivity index is 4.66. The second kappa shape index (κ2) is 4.85. The van der Waals surface area contributed by atoms with Crippen LogP contribution in [0.4, 0.5) is 0 Å². The minimum absolute atomic E-state index is 0.176. The third-order valence-corrected chi connectivity index (χ3v) is 1.06. The number of hydrogen-bond donors (Lipinski definition) is 1. The van der Waals surface area contributed by atoms with Crippen LogP contribution in [0.1, 0.15) is 6.92 Å². The fourth-order valence-electron chi connectivity index (χ4n) is 0.433. The molecule has 0 radical (unpaired) electrons. The molecule has 4 nitrogen and oxygen atoms in total. The number of aliphatic carboxylic acids is 1. The van der Waals surface area contributed by atoms with Crippen LogP contribution in [0.25, 0.3) is 0 Å². The molecular weight excluding hydrogens is 156 g/mol. The van der Waals surface area contributed by atoms with E-state index in [0.29, 0.717) is 5.57 Å². The molecule has 0 saturated heterocycles. The molecule has 0 aliphatic heterocycles. The van der Waals surface area contributed by atoms with Crippen LogP contribution >= 0.6 is 0 Å². The summed E-state index contributed by atoms with van der Waals surface area (Å²) in [7, 11) is 0. The van der Waals surface area contributed by atoms with Crippen molar-refractivity contribution in [2.75, 3.05) is 0 Å². The average Bonchev–Trinajstić information content (AvgIpc) is 2.04. The maximum atomic E-state index is 10.3. The highest BCUT2D eigenvalue weighted by molar-refractivity contribution is 5.87. The van der Waals surface area contributed by atoms with E-state index in [9.17, 15) is 4.79 Å². The number of carboxylic acid groups (broad SMARTS) is 1. The molecule has 0 saturated carbocycles. The van der Waals surface area contributed by atoms with Crippen molar-refractivity contribution >= 4 is 12.7 Å². The molecule has 0 fully saturated rings. The van der Waals surface area contributed by atoms with Gasteiger partial charge in [0.25, 0.3) is 0 Å². The lowest BCUT2D eigenvalue weighted by Crippen LogP contribution is -1.96. The Kier molecular flexibility index (Phi) is 4.09. The number of rotatable bonds is 3. The van der Waals surface area contributed by atoms with Gasteiger partial charge in [0.1, 0.15) is 5.70 Å². The summed E-state index contributed by atoms with van der Waals surface area (Å²) in [6.07, 6.45) is 2.60. The predicted molar refractivity (Wildman–Crippen MR) is 44.6 cm³/mol. The lowest BCUT2D eigenvalue weighted by atomic mass is 10.3. The molecule has 0 aromatic carbocycles. The smallest absolute Gasteiger partial charge is 0.354 e. The summed E-state index contributed by atoms with van der Waals surface area (Å²) in [5, 5.41) is 16.8. The minimum atomic E-state index is -1.16. The molecule has 62 valence electrons. The van der Waals surface area contributed by atoms with Crippen molar-refractivity contribution in [3.8, 4) is 6.07 Å². The molecule has 0 amide bonds. The Morgan fingerprint density at radius 1 is 1.67 bits per heavy atom. The van der Waals surface area contributed by atoms with Crippen LogP contribution in [0.5, 0.6) is 0 Å². The number of carboxylic acids is 1. The molecule has 12 heavy (non-hydrogen) atoms. The predicted octanol–water partition coefficient (Wildman–Crippen LogP) is 1.13. The van der Waals surface area contributed by atoms with Gasteiger partial charge in [-0.25, -0.2) is 4.79 Å². The lowest BCUT2D eigenvalue weighted by Gasteiger charge is -1.88. The summed E-state index contributed by atoms with van der Waals surface area (Å²) in [4.78, 5) is 13.6. The number of carbonyl (C=O) groups is 1. The van der Waals surface area contributed by atoms with E-state index in [1.54, 1.807) is 6.92 Å². The van der Waals surface area contributed by atoms with Gasteiger partial charge in [-0.2, -0.15) is 5.26 Å². The van der Waals surface area contributed by atoms with E-state index in [0.717, 1.165) is 0 Å². The molecule has 0 aromatic rings. The fourth-order valence-corrected chi connectivity index (χ4v) is 0.433. The number of nitriles is 1. The largest absolute Gasteiger partial charge is 0.477 e. The molecule has 0 aliphatic carbocycles. The van der Waals surface area contributed by atoms with Gasteiger partial charge in [-0.3, -0.25) is 4.99 Å². The van der Waals surface area contributed by atoms with Gasteiger partial charge < -0.3 is 5.11 Å². The number of allylic oxidation sites excluding steroid dienone is 3. The van der Waals surface area contributed by atoms with Gasteiger partial charge in [0.2, 0.25) is 0 Å². The van der Waals surface area contributed by atoms with E-state index in [-0.39, 0.29) is 5.70 Å². The first-order valence-corrected chi connectivity index (χ1v) is 3.10. The summed E-state index contributed by atoms with van der Waals surface area (Å²) in [6.45, 7) is 4.64.